The van der Waals surface area contributed by atoms with E-state index in [1.54, 1.807) is 25.1 Å². The van der Waals surface area contributed by atoms with Crippen molar-refractivity contribution in [2.45, 2.75) is 27.7 Å². The van der Waals surface area contributed by atoms with Crippen molar-refractivity contribution >= 4 is 40.4 Å². The monoisotopic (exact) mass is 430 g/mol. The van der Waals surface area contributed by atoms with Crippen LogP contribution in [-0.2, 0) is 9.59 Å². The second kappa shape index (κ2) is 8.05. The summed E-state index contributed by atoms with van der Waals surface area (Å²) in [7, 11) is 0. The molecule has 1 aliphatic heterocycles. The highest BCUT2D eigenvalue weighted by atomic mass is 35.5. The van der Waals surface area contributed by atoms with E-state index < -0.39 is 5.91 Å². The lowest BCUT2D eigenvalue weighted by atomic mass is 9.99. The maximum atomic E-state index is 13.6. The second-order valence-electron chi connectivity index (χ2n) is 7.87. The predicted octanol–water partition coefficient (Wildman–Crippen LogP) is 5.97. The molecule has 0 spiro atoms. The molecular formula is C26H23ClN2O2. The van der Waals surface area contributed by atoms with E-state index in [4.69, 9.17) is 11.6 Å². The summed E-state index contributed by atoms with van der Waals surface area (Å²) >= 11 is 6.28. The third-order valence-corrected chi connectivity index (χ3v) is 6.09. The molecule has 0 aromatic heterocycles. The van der Waals surface area contributed by atoms with Gasteiger partial charge in [-0.1, -0.05) is 53.6 Å². The summed E-state index contributed by atoms with van der Waals surface area (Å²) in [5.74, 6) is -0.766. The van der Waals surface area contributed by atoms with Crippen molar-refractivity contribution in [3.63, 3.8) is 0 Å². The summed E-state index contributed by atoms with van der Waals surface area (Å²) in [5.41, 5.74) is 6.52. The molecule has 1 aliphatic rings. The fourth-order valence-corrected chi connectivity index (χ4v) is 3.82. The molecule has 0 radical (unpaired) electrons. The Labute approximate surface area is 187 Å². The first kappa shape index (κ1) is 20.9. The average Bonchev–Trinajstić information content (AvgIpc) is 2.98. The van der Waals surface area contributed by atoms with Crippen LogP contribution in [-0.4, -0.2) is 11.8 Å². The van der Waals surface area contributed by atoms with Gasteiger partial charge >= 0.3 is 0 Å². The lowest BCUT2D eigenvalue weighted by Crippen LogP contribution is -2.33. The Kier molecular flexibility index (Phi) is 5.42. The van der Waals surface area contributed by atoms with Gasteiger partial charge in [-0.2, -0.15) is 0 Å². The Hall–Kier alpha value is -3.37. The molecule has 156 valence electrons. The molecule has 5 heteroatoms. The zero-order chi connectivity index (χ0) is 22.3. The van der Waals surface area contributed by atoms with Gasteiger partial charge in [-0.25, -0.2) is 4.90 Å². The van der Waals surface area contributed by atoms with Crippen LogP contribution < -0.4 is 10.2 Å². The molecule has 1 heterocycles. The van der Waals surface area contributed by atoms with Crippen molar-refractivity contribution in [1.82, 2.24) is 0 Å². The number of rotatable bonds is 4. The fourth-order valence-electron chi connectivity index (χ4n) is 3.65. The number of benzene rings is 3. The molecule has 1 N–H and O–H groups in total. The molecule has 0 aliphatic carbocycles. The Bertz CT molecular complexity index is 1240. The first-order chi connectivity index (χ1) is 14.8. The minimum atomic E-state index is -0.399. The van der Waals surface area contributed by atoms with Crippen LogP contribution in [0.1, 0.15) is 27.8 Å². The van der Waals surface area contributed by atoms with Gasteiger partial charge in [0.05, 0.1) is 11.3 Å². The highest BCUT2D eigenvalue weighted by molar-refractivity contribution is 6.46. The molecule has 4 nitrogen and oxygen atoms in total. The maximum Gasteiger partial charge on any atom is 0.282 e. The summed E-state index contributed by atoms with van der Waals surface area (Å²) < 4.78 is 0. The smallest absolute Gasteiger partial charge is 0.282 e. The Balaban J connectivity index is 1.87. The van der Waals surface area contributed by atoms with Crippen molar-refractivity contribution < 1.29 is 9.59 Å². The number of anilines is 2. The van der Waals surface area contributed by atoms with Crippen LogP contribution in [0.3, 0.4) is 0 Å². The molecule has 0 unspecified atom stereocenters. The van der Waals surface area contributed by atoms with Crippen molar-refractivity contribution in [2.75, 3.05) is 10.2 Å². The van der Waals surface area contributed by atoms with E-state index in [0.29, 0.717) is 27.4 Å². The second-order valence-corrected chi connectivity index (χ2v) is 8.28. The van der Waals surface area contributed by atoms with Crippen LogP contribution >= 0.6 is 11.6 Å². The number of imide groups is 1. The third kappa shape index (κ3) is 3.75. The fraction of sp³-hybridized carbons (Fsp3) is 0.154. The van der Waals surface area contributed by atoms with Crippen LogP contribution in [0.4, 0.5) is 11.4 Å². The predicted molar refractivity (Wildman–Crippen MR) is 126 cm³/mol. The summed E-state index contributed by atoms with van der Waals surface area (Å²) in [5, 5.41) is 3.70. The summed E-state index contributed by atoms with van der Waals surface area (Å²) in [4.78, 5) is 28.3. The highest BCUT2D eigenvalue weighted by Crippen LogP contribution is 2.37. The first-order valence-electron chi connectivity index (χ1n) is 10.1. The zero-order valence-electron chi connectivity index (χ0n) is 17.9. The molecule has 0 saturated heterocycles. The van der Waals surface area contributed by atoms with Gasteiger partial charge in [0.25, 0.3) is 11.8 Å². The number of hydrogen-bond acceptors (Lipinski definition) is 3. The lowest BCUT2D eigenvalue weighted by Gasteiger charge is -2.18. The molecule has 4 rings (SSSR count). The van der Waals surface area contributed by atoms with Gasteiger partial charge in [-0.3, -0.25) is 9.59 Å². The number of amides is 2. The van der Waals surface area contributed by atoms with Crippen molar-refractivity contribution in [3.8, 4) is 0 Å². The topological polar surface area (TPSA) is 49.4 Å². The minimum absolute atomic E-state index is 0.261. The molecule has 0 fully saturated rings. The van der Waals surface area contributed by atoms with Gasteiger partial charge in [0, 0.05) is 10.7 Å². The molecule has 0 saturated carbocycles. The van der Waals surface area contributed by atoms with Gasteiger partial charge in [0.2, 0.25) is 0 Å². The summed E-state index contributed by atoms with van der Waals surface area (Å²) in [6.45, 7) is 7.81. The summed E-state index contributed by atoms with van der Waals surface area (Å²) in [6.07, 6.45) is 0. The van der Waals surface area contributed by atoms with Crippen LogP contribution in [0.25, 0.3) is 5.57 Å². The van der Waals surface area contributed by atoms with Gasteiger partial charge in [0.15, 0.2) is 0 Å². The SMILES string of the molecule is Cc1ccc(NC2=C(c3ccc(C)c(C)c3)C(=O)N(c3cccc(Cl)c3C)C2=O)cc1. The quantitative estimate of drug-likeness (QED) is 0.518. The number of carbonyl (C=O) groups is 2. The first-order valence-corrected chi connectivity index (χ1v) is 10.4. The largest absolute Gasteiger partial charge is 0.350 e. The number of aryl methyl sites for hydroxylation is 3. The van der Waals surface area contributed by atoms with E-state index in [-0.39, 0.29) is 11.6 Å². The third-order valence-electron chi connectivity index (χ3n) is 5.68. The van der Waals surface area contributed by atoms with Gasteiger partial charge in [0.1, 0.15) is 5.70 Å². The standard InChI is InChI=1S/C26H23ClN2O2/c1-15-8-12-20(13-9-15)28-24-23(19-11-10-16(2)17(3)14-19)25(30)29(26(24)31)22-7-5-6-21(27)18(22)4/h5-14,28H,1-4H3. The van der Waals surface area contributed by atoms with E-state index in [9.17, 15) is 9.59 Å². The van der Waals surface area contributed by atoms with Gasteiger partial charge < -0.3 is 5.32 Å². The number of halogens is 1. The van der Waals surface area contributed by atoms with Crippen LogP contribution in [0.15, 0.2) is 66.4 Å². The van der Waals surface area contributed by atoms with Crippen LogP contribution in [0.5, 0.6) is 0 Å². The summed E-state index contributed by atoms with van der Waals surface area (Å²) in [6, 6.07) is 18.7. The Morgan fingerprint density at radius 1 is 0.806 bits per heavy atom. The average molecular weight is 431 g/mol. The van der Waals surface area contributed by atoms with Crippen LogP contribution in [0, 0.1) is 27.7 Å². The van der Waals surface area contributed by atoms with E-state index in [1.165, 1.54) is 4.90 Å². The Morgan fingerprint density at radius 2 is 1.52 bits per heavy atom. The van der Waals surface area contributed by atoms with Crippen LogP contribution in [0.2, 0.25) is 5.02 Å². The number of hydrogen-bond donors (Lipinski definition) is 1. The van der Waals surface area contributed by atoms with E-state index in [0.717, 1.165) is 22.4 Å². The van der Waals surface area contributed by atoms with Crippen molar-refractivity contribution in [2.24, 2.45) is 0 Å². The van der Waals surface area contributed by atoms with Crippen molar-refractivity contribution in [3.05, 3.63) is 99.2 Å². The molecule has 0 atom stereocenters. The highest BCUT2D eigenvalue weighted by Gasteiger charge is 2.41. The molecule has 2 amide bonds. The van der Waals surface area contributed by atoms with E-state index in [2.05, 4.69) is 5.32 Å². The molecule has 3 aromatic carbocycles. The molecule has 0 bridgehead atoms. The maximum absolute atomic E-state index is 13.6. The number of nitrogens with one attached hydrogen (secondary N) is 1. The molecular weight excluding hydrogens is 408 g/mol. The zero-order valence-corrected chi connectivity index (χ0v) is 18.7. The van der Waals surface area contributed by atoms with E-state index >= 15 is 0 Å². The number of nitrogens with zero attached hydrogens (tertiary/aromatic N) is 1. The van der Waals surface area contributed by atoms with E-state index in [1.807, 2.05) is 63.2 Å². The lowest BCUT2D eigenvalue weighted by molar-refractivity contribution is -0.120. The molecule has 3 aromatic rings. The normalized spacial score (nSPS) is 13.9. The van der Waals surface area contributed by atoms with Gasteiger partial charge in [-0.05, 0) is 74.2 Å². The number of carbonyl (C=O) groups excluding carboxylic acids is 2. The Morgan fingerprint density at radius 3 is 2.19 bits per heavy atom. The molecule has 31 heavy (non-hydrogen) atoms. The van der Waals surface area contributed by atoms with Gasteiger partial charge in [-0.15, -0.1) is 0 Å². The minimum Gasteiger partial charge on any atom is -0.350 e. The van der Waals surface area contributed by atoms with Crippen molar-refractivity contribution in [1.29, 1.82) is 0 Å².